The molecule has 2 saturated heterocycles. The normalized spacial score (nSPS) is 33.7. The molecular weight excluding hydrogens is 222 g/mol. The Morgan fingerprint density at radius 1 is 0.667 bits per heavy atom. The summed E-state index contributed by atoms with van der Waals surface area (Å²) < 4.78 is 0. The number of hydrogen-bond acceptors (Lipinski definition) is 3. The van der Waals surface area contributed by atoms with Gasteiger partial charge >= 0.3 is 0 Å². The summed E-state index contributed by atoms with van der Waals surface area (Å²) in [4.78, 5) is 5.53. The highest BCUT2D eigenvalue weighted by atomic mass is 15.3. The second kappa shape index (κ2) is 6.36. The second-order valence-corrected chi connectivity index (χ2v) is 6.36. The Morgan fingerprint density at radius 3 is 1.89 bits per heavy atom. The number of nitrogens with one attached hydrogen (secondary N) is 1. The quantitative estimate of drug-likeness (QED) is 0.806. The van der Waals surface area contributed by atoms with Crippen molar-refractivity contribution < 1.29 is 0 Å². The van der Waals surface area contributed by atoms with Gasteiger partial charge in [-0.1, -0.05) is 19.3 Å². The summed E-state index contributed by atoms with van der Waals surface area (Å²) >= 11 is 0. The van der Waals surface area contributed by atoms with Crippen LogP contribution in [0.15, 0.2) is 0 Å². The van der Waals surface area contributed by atoms with Crippen LogP contribution >= 0.6 is 0 Å². The first-order valence-electron chi connectivity index (χ1n) is 8.12. The van der Waals surface area contributed by atoms with Crippen LogP contribution in [0.1, 0.15) is 44.9 Å². The molecule has 3 aliphatic rings. The Morgan fingerprint density at radius 2 is 1.28 bits per heavy atom. The SMILES string of the molecule is C1CCC(N2CCN([C@H]3CCCNC3)CC2)CC1. The highest BCUT2D eigenvalue weighted by Crippen LogP contribution is 2.24. The predicted molar refractivity (Wildman–Crippen MR) is 75.9 cm³/mol. The second-order valence-electron chi connectivity index (χ2n) is 6.36. The van der Waals surface area contributed by atoms with Gasteiger partial charge in [0.1, 0.15) is 0 Å². The molecule has 0 bridgehead atoms. The largest absolute Gasteiger partial charge is 0.315 e. The van der Waals surface area contributed by atoms with Crippen LogP contribution in [0.3, 0.4) is 0 Å². The predicted octanol–water partition coefficient (Wildman–Crippen LogP) is 1.69. The fraction of sp³-hybridized carbons (Fsp3) is 1.00. The lowest BCUT2D eigenvalue weighted by Gasteiger charge is -2.44. The first kappa shape index (κ1) is 12.9. The van der Waals surface area contributed by atoms with Crippen molar-refractivity contribution in [3.8, 4) is 0 Å². The molecule has 0 amide bonds. The van der Waals surface area contributed by atoms with Gasteiger partial charge in [-0.25, -0.2) is 0 Å². The summed E-state index contributed by atoms with van der Waals surface area (Å²) in [6.07, 6.45) is 10.1. The van der Waals surface area contributed by atoms with E-state index in [9.17, 15) is 0 Å². The van der Waals surface area contributed by atoms with E-state index in [-0.39, 0.29) is 0 Å². The third kappa shape index (κ3) is 3.06. The standard InChI is InChI=1S/C15H29N3/c1-2-5-14(6-3-1)17-9-11-18(12-10-17)15-7-4-8-16-13-15/h14-16H,1-13H2/t15-/m0/s1. The molecule has 1 aliphatic carbocycles. The van der Waals surface area contributed by atoms with Crippen molar-refractivity contribution >= 4 is 0 Å². The number of piperidine rings is 1. The molecule has 3 rings (SSSR count). The molecule has 0 radical (unpaired) electrons. The Hall–Kier alpha value is -0.120. The molecule has 18 heavy (non-hydrogen) atoms. The topological polar surface area (TPSA) is 18.5 Å². The lowest BCUT2D eigenvalue weighted by atomic mass is 9.93. The lowest BCUT2D eigenvalue weighted by molar-refractivity contribution is 0.0498. The maximum atomic E-state index is 3.55. The summed E-state index contributed by atoms with van der Waals surface area (Å²) in [5.41, 5.74) is 0. The molecule has 3 fully saturated rings. The third-order valence-corrected chi connectivity index (χ3v) is 5.23. The van der Waals surface area contributed by atoms with Crippen molar-refractivity contribution in [1.82, 2.24) is 15.1 Å². The molecule has 3 nitrogen and oxygen atoms in total. The van der Waals surface area contributed by atoms with Crippen molar-refractivity contribution in [2.45, 2.75) is 57.0 Å². The minimum Gasteiger partial charge on any atom is -0.315 e. The Balaban J connectivity index is 1.45. The third-order valence-electron chi connectivity index (χ3n) is 5.23. The first-order valence-corrected chi connectivity index (χ1v) is 8.12. The maximum Gasteiger partial charge on any atom is 0.0222 e. The summed E-state index contributed by atoms with van der Waals surface area (Å²) in [6, 6.07) is 1.75. The van der Waals surface area contributed by atoms with Crippen molar-refractivity contribution in [1.29, 1.82) is 0 Å². The summed E-state index contributed by atoms with van der Waals surface area (Å²) in [6.45, 7) is 7.72. The molecule has 0 spiro atoms. The number of hydrogen-bond donors (Lipinski definition) is 1. The molecule has 2 aliphatic heterocycles. The minimum absolute atomic E-state index is 0.826. The number of rotatable bonds is 2. The van der Waals surface area contributed by atoms with E-state index < -0.39 is 0 Å². The monoisotopic (exact) mass is 251 g/mol. The first-order chi connectivity index (χ1) is 8.93. The van der Waals surface area contributed by atoms with Crippen molar-refractivity contribution in [3.63, 3.8) is 0 Å². The zero-order chi connectivity index (χ0) is 12.2. The molecular formula is C15H29N3. The summed E-state index contributed by atoms with van der Waals surface area (Å²) in [5, 5.41) is 3.55. The number of piperazine rings is 1. The van der Waals surface area contributed by atoms with Crippen LogP contribution in [0.5, 0.6) is 0 Å². The van der Waals surface area contributed by atoms with Gasteiger partial charge in [-0.15, -0.1) is 0 Å². The number of nitrogens with zero attached hydrogens (tertiary/aromatic N) is 2. The van der Waals surface area contributed by atoms with Gasteiger partial charge < -0.3 is 5.32 Å². The van der Waals surface area contributed by atoms with Gasteiger partial charge in [-0.3, -0.25) is 9.80 Å². The van der Waals surface area contributed by atoms with Crippen LogP contribution in [0.25, 0.3) is 0 Å². The van der Waals surface area contributed by atoms with Gasteiger partial charge in [0, 0.05) is 44.8 Å². The molecule has 1 atom stereocenters. The molecule has 104 valence electrons. The van der Waals surface area contributed by atoms with Crippen LogP contribution in [0, 0.1) is 0 Å². The molecule has 1 saturated carbocycles. The fourth-order valence-electron chi connectivity index (χ4n) is 4.06. The smallest absolute Gasteiger partial charge is 0.0222 e. The van der Waals surface area contributed by atoms with Crippen LogP contribution < -0.4 is 5.32 Å². The maximum absolute atomic E-state index is 3.55. The van der Waals surface area contributed by atoms with Gasteiger partial charge in [-0.2, -0.15) is 0 Å². The van der Waals surface area contributed by atoms with E-state index in [4.69, 9.17) is 0 Å². The van der Waals surface area contributed by atoms with Crippen LogP contribution in [0.2, 0.25) is 0 Å². The molecule has 0 aromatic carbocycles. The van der Waals surface area contributed by atoms with E-state index in [0.717, 1.165) is 12.1 Å². The lowest BCUT2D eigenvalue weighted by Crippen LogP contribution is -2.56. The summed E-state index contributed by atoms with van der Waals surface area (Å²) in [5.74, 6) is 0. The Labute approximate surface area is 112 Å². The van der Waals surface area contributed by atoms with Crippen molar-refractivity contribution in [2.75, 3.05) is 39.3 Å². The van der Waals surface area contributed by atoms with E-state index in [1.54, 1.807) is 0 Å². The zero-order valence-corrected chi connectivity index (χ0v) is 11.7. The average Bonchev–Trinajstić information content (AvgIpc) is 2.49. The molecule has 0 unspecified atom stereocenters. The minimum atomic E-state index is 0.826. The van der Waals surface area contributed by atoms with Crippen LogP contribution in [0.4, 0.5) is 0 Å². The van der Waals surface area contributed by atoms with Gasteiger partial charge in [0.05, 0.1) is 0 Å². The Kier molecular flexibility index (Phi) is 4.55. The van der Waals surface area contributed by atoms with E-state index in [0.29, 0.717) is 0 Å². The van der Waals surface area contributed by atoms with Crippen LogP contribution in [-0.4, -0.2) is 61.2 Å². The average molecular weight is 251 g/mol. The molecule has 0 aromatic rings. The fourth-order valence-corrected chi connectivity index (χ4v) is 4.06. The molecule has 3 heteroatoms. The molecule has 1 N–H and O–H groups in total. The molecule has 0 aromatic heterocycles. The van der Waals surface area contributed by atoms with Crippen molar-refractivity contribution in [2.24, 2.45) is 0 Å². The highest BCUT2D eigenvalue weighted by Gasteiger charge is 2.28. The van der Waals surface area contributed by atoms with Gasteiger partial charge in [0.15, 0.2) is 0 Å². The van der Waals surface area contributed by atoms with Gasteiger partial charge in [0.25, 0.3) is 0 Å². The van der Waals surface area contributed by atoms with E-state index in [1.165, 1.54) is 84.2 Å². The van der Waals surface area contributed by atoms with Gasteiger partial charge in [-0.05, 0) is 32.2 Å². The van der Waals surface area contributed by atoms with Crippen LogP contribution in [-0.2, 0) is 0 Å². The van der Waals surface area contributed by atoms with E-state index in [2.05, 4.69) is 15.1 Å². The molecule has 2 heterocycles. The summed E-state index contributed by atoms with van der Waals surface area (Å²) in [7, 11) is 0. The van der Waals surface area contributed by atoms with E-state index in [1.807, 2.05) is 0 Å². The van der Waals surface area contributed by atoms with Gasteiger partial charge in [0.2, 0.25) is 0 Å². The zero-order valence-electron chi connectivity index (χ0n) is 11.7. The highest BCUT2D eigenvalue weighted by molar-refractivity contribution is 4.85. The van der Waals surface area contributed by atoms with E-state index >= 15 is 0 Å². The Bertz CT molecular complexity index is 210. The van der Waals surface area contributed by atoms with Crippen molar-refractivity contribution in [3.05, 3.63) is 0 Å².